The molecule has 2 aromatic rings. The van der Waals surface area contributed by atoms with E-state index in [0.717, 1.165) is 0 Å². The maximum atomic E-state index is 8.73. The van der Waals surface area contributed by atoms with Crippen LogP contribution in [0, 0.1) is 11.3 Å². The van der Waals surface area contributed by atoms with E-state index in [-0.39, 0.29) is 0 Å². The normalized spacial score (nSPS) is 10.0. The first-order chi connectivity index (χ1) is 6.85. The summed E-state index contributed by atoms with van der Waals surface area (Å²) in [7, 11) is 0. The largest absolute Gasteiger partial charge is 0.477 e. The Morgan fingerprint density at radius 2 is 2.43 bits per heavy atom. The summed E-state index contributed by atoms with van der Waals surface area (Å²) in [6.45, 7) is 2.44. The van der Waals surface area contributed by atoms with Gasteiger partial charge in [0, 0.05) is 0 Å². The second-order valence-electron chi connectivity index (χ2n) is 2.66. The summed E-state index contributed by atoms with van der Waals surface area (Å²) in [6.07, 6.45) is 4.74. The highest BCUT2D eigenvalue weighted by atomic mass is 16.5. The van der Waals surface area contributed by atoms with Crippen LogP contribution in [0.5, 0.6) is 5.88 Å². The molecule has 0 bridgehead atoms. The fourth-order valence-electron chi connectivity index (χ4n) is 1.17. The average molecular weight is 188 g/mol. The highest BCUT2D eigenvalue weighted by Gasteiger charge is 2.04. The molecule has 0 saturated heterocycles. The maximum absolute atomic E-state index is 8.73. The van der Waals surface area contributed by atoms with Crippen molar-refractivity contribution in [3.8, 4) is 11.9 Å². The van der Waals surface area contributed by atoms with Gasteiger partial charge in [-0.25, -0.2) is 9.50 Å². The Bertz CT molecular complexity index is 497. The molecule has 2 heterocycles. The second kappa shape index (κ2) is 3.34. The Morgan fingerprint density at radius 3 is 3.14 bits per heavy atom. The Kier molecular flexibility index (Phi) is 2.03. The van der Waals surface area contributed by atoms with Gasteiger partial charge in [-0.2, -0.15) is 10.4 Å². The first kappa shape index (κ1) is 8.51. The minimum absolute atomic E-state index is 0.507. The van der Waals surface area contributed by atoms with Gasteiger partial charge in [-0.3, -0.25) is 0 Å². The van der Waals surface area contributed by atoms with Crippen molar-refractivity contribution in [2.24, 2.45) is 0 Å². The molecule has 0 atom stereocenters. The molecule has 0 aliphatic heterocycles. The van der Waals surface area contributed by atoms with Gasteiger partial charge in [0.15, 0.2) is 0 Å². The predicted octanol–water partition coefficient (Wildman–Crippen LogP) is 1.000. The van der Waals surface area contributed by atoms with Crippen molar-refractivity contribution >= 4 is 5.52 Å². The molecule has 0 saturated carbocycles. The van der Waals surface area contributed by atoms with Crippen LogP contribution in [0.25, 0.3) is 5.52 Å². The van der Waals surface area contributed by atoms with Crippen LogP contribution in [-0.2, 0) is 0 Å². The molecule has 14 heavy (non-hydrogen) atoms. The van der Waals surface area contributed by atoms with Gasteiger partial charge in [0.05, 0.1) is 30.8 Å². The minimum Gasteiger partial charge on any atom is -0.477 e. The van der Waals surface area contributed by atoms with Crippen LogP contribution in [0.15, 0.2) is 18.6 Å². The van der Waals surface area contributed by atoms with Crippen molar-refractivity contribution in [2.75, 3.05) is 6.61 Å². The van der Waals surface area contributed by atoms with Crippen molar-refractivity contribution in [1.29, 1.82) is 5.26 Å². The summed E-state index contributed by atoms with van der Waals surface area (Å²) < 4.78 is 6.78. The number of nitriles is 1. The van der Waals surface area contributed by atoms with Crippen molar-refractivity contribution < 1.29 is 4.74 Å². The highest BCUT2D eigenvalue weighted by molar-refractivity contribution is 5.58. The second-order valence-corrected chi connectivity index (χ2v) is 2.66. The van der Waals surface area contributed by atoms with E-state index in [4.69, 9.17) is 10.00 Å². The molecule has 2 rings (SSSR count). The van der Waals surface area contributed by atoms with Crippen molar-refractivity contribution in [1.82, 2.24) is 14.6 Å². The fraction of sp³-hybridized carbons (Fsp3) is 0.222. The zero-order valence-electron chi connectivity index (χ0n) is 7.64. The summed E-state index contributed by atoms with van der Waals surface area (Å²) >= 11 is 0. The summed E-state index contributed by atoms with van der Waals surface area (Å²) in [6, 6.07) is 2.04. The topological polar surface area (TPSA) is 63.2 Å². The van der Waals surface area contributed by atoms with Crippen LogP contribution in [0.2, 0.25) is 0 Å². The molecule has 2 aromatic heterocycles. The first-order valence-corrected chi connectivity index (χ1v) is 4.21. The quantitative estimate of drug-likeness (QED) is 0.705. The Morgan fingerprint density at radius 1 is 1.57 bits per heavy atom. The van der Waals surface area contributed by atoms with Gasteiger partial charge in [0.1, 0.15) is 11.6 Å². The van der Waals surface area contributed by atoms with Crippen LogP contribution >= 0.6 is 0 Å². The number of rotatable bonds is 2. The van der Waals surface area contributed by atoms with E-state index in [0.29, 0.717) is 23.6 Å². The molecule has 5 nitrogen and oxygen atoms in total. The molecule has 0 fully saturated rings. The first-order valence-electron chi connectivity index (χ1n) is 4.21. The van der Waals surface area contributed by atoms with Crippen molar-refractivity contribution in [3.63, 3.8) is 0 Å². The third-order valence-corrected chi connectivity index (χ3v) is 1.79. The van der Waals surface area contributed by atoms with Crippen molar-refractivity contribution in [2.45, 2.75) is 6.92 Å². The average Bonchev–Trinajstić information content (AvgIpc) is 2.60. The molecule has 5 heteroatoms. The lowest BCUT2D eigenvalue weighted by atomic mass is 10.3. The maximum Gasteiger partial charge on any atom is 0.232 e. The summed E-state index contributed by atoms with van der Waals surface area (Å²) in [5.41, 5.74) is 1.21. The lowest BCUT2D eigenvalue weighted by molar-refractivity contribution is 0.324. The zero-order chi connectivity index (χ0) is 9.97. The number of ether oxygens (including phenoxy) is 1. The van der Waals surface area contributed by atoms with Crippen LogP contribution in [-0.4, -0.2) is 21.2 Å². The molecular formula is C9H8N4O. The van der Waals surface area contributed by atoms with E-state index in [1.807, 2.05) is 13.0 Å². The fourth-order valence-corrected chi connectivity index (χ4v) is 1.17. The standard InChI is InChI=1S/C9H8N4O/c1-2-14-9-6-13-8(5-11-9)7(3-10)4-12-13/h4-6H,2H2,1H3. The molecule has 0 amide bonds. The predicted molar refractivity (Wildman–Crippen MR) is 48.9 cm³/mol. The summed E-state index contributed by atoms with van der Waals surface area (Å²) in [5, 5.41) is 12.7. The van der Waals surface area contributed by atoms with E-state index in [2.05, 4.69) is 10.1 Å². The third-order valence-electron chi connectivity index (χ3n) is 1.79. The minimum atomic E-state index is 0.507. The Balaban J connectivity index is 2.53. The van der Waals surface area contributed by atoms with Crippen LogP contribution < -0.4 is 4.74 Å². The zero-order valence-corrected chi connectivity index (χ0v) is 7.64. The highest BCUT2D eigenvalue weighted by Crippen LogP contribution is 2.11. The number of hydrogen-bond donors (Lipinski definition) is 0. The van der Waals surface area contributed by atoms with Gasteiger partial charge in [-0.1, -0.05) is 0 Å². The van der Waals surface area contributed by atoms with E-state index in [1.54, 1.807) is 16.9 Å². The molecule has 0 radical (unpaired) electrons. The Labute approximate surface area is 80.6 Å². The smallest absolute Gasteiger partial charge is 0.232 e. The summed E-state index contributed by atoms with van der Waals surface area (Å²) in [4.78, 5) is 4.04. The van der Waals surface area contributed by atoms with E-state index in [9.17, 15) is 0 Å². The van der Waals surface area contributed by atoms with Gasteiger partial charge in [-0.05, 0) is 6.92 Å². The van der Waals surface area contributed by atoms with Gasteiger partial charge in [0.25, 0.3) is 0 Å². The van der Waals surface area contributed by atoms with Crippen LogP contribution in [0.1, 0.15) is 12.5 Å². The monoisotopic (exact) mass is 188 g/mol. The van der Waals surface area contributed by atoms with Gasteiger partial charge >= 0.3 is 0 Å². The van der Waals surface area contributed by atoms with Crippen LogP contribution in [0.4, 0.5) is 0 Å². The van der Waals surface area contributed by atoms with E-state index >= 15 is 0 Å². The molecular weight excluding hydrogens is 180 g/mol. The SMILES string of the molecule is CCOc1cn2ncc(C#N)c2cn1. The number of aromatic nitrogens is 3. The lowest BCUT2D eigenvalue weighted by Crippen LogP contribution is -1.97. The summed E-state index contributed by atoms with van der Waals surface area (Å²) in [5.74, 6) is 0.507. The molecule has 0 aromatic carbocycles. The molecule has 0 aliphatic carbocycles. The molecule has 70 valence electrons. The third kappa shape index (κ3) is 1.27. The van der Waals surface area contributed by atoms with Crippen LogP contribution in [0.3, 0.4) is 0 Å². The van der Waals surface area contributed by atoms with Gasteiger partial charge in [0.2, 0.25) is 5.88 Å². The van der Waals surface area contributed by atoms with Crippen molar-refractivity contribution in [3.05, 3.63) is 24.2 Å². The Hall–Kier alpha value is -2.09. The lowest BCUT2D eigenvalue weighted by Gasteiger charge is -2.00. The van der Waals surface area contributed by atoms with Gasteiger partial charge < -0.3 is 4.74 Å². The van der Waals surface area contributed by atoms with E-state index in [1.165, 1.54) is 6.20 Å². The number of fused-ring (bicyclic) bond motifs is 1. The molecule has 0 aliphatic rings. The molecule has 0 N–H and O–H groups in total. The van der Waals surface area contributed by atoms with E-state index < -0.39 is 0 Å². The number of nitrogens with zero attached hydrogens (tertiary/aromatic N) is 4. The number of hydrogen-bond acceptors (Lipinski definition) is 4. The van der Waals surface area contributed by atoms with Gasteiger partial charge in [-0.15, -0.1) is 0 Å². The molecule has 0 unspecified atom stereocenters. The molecule has 0 spiro atoms.